The summed E-state index contributed by atoms with van der Waals surface area (Å²) >= 11 is 1.78. The van der Waals surface area contributed by atoms with Crippen LogP contribution in [0.25, 0.3) is 0 Å². The highest BCUT2D eigenvalue weighted by Crippen LogP contribution is 2.33. The molecule has 1 atom stereocenters. The molecule has 1 amide bonds. The van der Waals surface area contributed by atoms with Crippen molar-refractivity contribution in [2.24, 2.45) is 7.05 Å². The van der Waals surface area contributed by atoms with Crippen LogP contribution in [0.15, 0.2) is 23.7 Å². The maximum absolute atomic E-state index is 12.6. The Balaban J connectivity index is 1.92. The summed E-state index contributed by atoms with van der Waals surface area (Å²) in [6, 6.07) is 4.01. The van der Waals surface area contributed by atoms with Gasteiger partial charge in [0.1, 0.15) is 5.69 Å². The van der Waals surface area contributed by atoms with Gasteiger partial charge < -0.3 is 15.2 Å². The van der Waals surface area contributed by atoms with Crippen LogP contribution in [0, 0.1) is 0 Å². The Morgan fingerprint density at radius 1 is 1.53 bits per heavy atom. The molecule has 3 heterocycles. The highest BCUT2D eigenvalue weighted by molar-refractivity contribution is 7.10. The lowest BCUT2D eigenvalue weighted by Gasteiger charge is -2.33. The summed E-state index contributed by atoms with van der Waals surface area (Å²) in [5.41, 5.74) is 8.32. The van der Waals surface area contributed by atoms with E-state index in [0.717, 1.165) is 13.0 Å². The number of aromatic nitrogens is 1. The average Bonchev–Trinajstić information content (AvgIpc) is 2.96. The van der Waals surface area contributed by atoms with E-state index in [2.05, 4.69) is 18.4 Å². The highest BCUT2D eigenvalue weighted by atomic mass is 32.1. The van der Waals surface area contributed by atoms with Crippen molar-refractivity contribution in [3.8, 4) is 0 Å². The standard InChI is InChI=1S/C14H17N3OS/c1-9-11-4-6-19-13(11)3-5-17(9)14(18)12-7-10(15)8-16(12)2/h4,6-9H,3,5,15H2,1-2H3. The first kappa shape index (κ1) is 12.3. The van der Waals surface area contributed by atoms with E-state index in [9.17, 15) is 4.79 Å². The summed E-state index contributed by atoms with van der Waals surface area (Å²) in [5.74, 6) is 0.0588. The van der Waals surface area contributed by atoms with E-state index in [1.54, 1.807) is 28.2 Å². The minimum Gasteiger partial charge on any atom is -0.397 e. The number of carbonyl (C=O) groups excluding carboxylic acids is 1. The minimum atomic E-state index is 0.0588. The van der Waals surface area contributed by atoms with Crippen molar-refractivity contribution in [2.45, 2.75) is 19.4 Å². The number of amides is 1. The molecule has 0 saturated heterocycles. The van der Waals surface area contributed by atoms with Crippen LogP contribution in [0.2, 0.25) is 0 Å². The molecule has 19 heavy (non-hydrogen) atoms. The van der Waals surface area contributed by atoms with Crippen LogP contribution < -0.4 is 5.73 Å². The molecule has 2 aromatic rings. The molecule has 1 aliphatic rings. The first-order chi connectivity index (χ1) is 9.08. The largest absolute Gasteiger partial charge is 0.397 e. The van der Waals surface area contributed by atoms with Gasteiger partial charge in [0.15, 0.2) is 0 Å². The number of nitrogen functional groups attached to an aromatic ring is 1. The van der Waals surface area contributed by atoms with Crippen molar-refractivity contribution in [3.63, 3.8) is 0 Å². The van der Waals surface area contributed by atoms with Gasteiger partial charge in [-0.05, 0) is 36.4 Å². The molecule has 3 rings (SSSR count). The van der Waals surface area contributed by atoms with E-state index in [4.69, 9.17) is 5.73 Å². The SMILES string of the molecule is CC1c2ccsc2CCN1C(=O)c1cc(N)cn1C. The van der Waals surface area contributed by atoms with Crippen LogP contribution in [-0.2, 0) is 13.5 Å². The predicted octanol–water partition coefficient (Wildman–Crippen LogP) is 2.43. The third kappa shape index (κ3) is 1.94. The number of nitrogens with two attached hydrogens (primary N) is 1. The maximum atomic E-state index is 12.6. The number of anilines is 1. The Morgan fingerprint density at radius 3 is 3.00 bits per heavy atom. The number of hydrogen-bond donors (Lipinski definition) is 1. The summed E-state index contributed by atoms with van der Waals surface area (Å²) in [5, 5.41) is 2.11. The lowest BCUT2D eigenvalue weighted by atomic mass is 10.0. The lowest BCUT2D eigenvalue weighted by Crippen LogP contribution is -2.39. The number of hydrogen-bond acceptors (Lipinski definition) is 3. The summed E-state index contributed by atoms with van der Waals surface area (Å²) in [7, 11) is 1.86. The van der Waals surface area contributed by atoms with Crippen molar-refractivity contribution >= 4 is 22.9 Å². The van der Waals surface area contributed by atoms with Gasteiger partial charge in [-0.3, -0.25) is 4.79 Å². The molecule has 0 radical (unpaired) electrons. The smallest absolute Gasteiger partial charge is 0.271 e. The molecule has 4 nitrogen and oxygen atoms in total. The van der Waals surface area contributed by atoms with E-state index in [0.29, 0.717) is 11.4 Å². The van der Waals surface area contributed by atoms with Crippen molar-refractivity contribution in [3.05, 3.63) is 39.8 Å². The highest BCUT2D eigenvalue weighted by Gasteiger charge is 2.30. The van der Waals surface area contributed by atoms with Crippen molar-refractivity contribution in [2.75, 3.05) is 12.3 Å². The molecular weight excluding hydrogens is 258 g/mol. The summed E-state index contributed by atoms with van der Waals surface area (Å²) in [4.78, 5) is 16.0. The van der Waals surface area contributed by atoms with Crippen LogP contribution in [-0.4, -0.2) is 21.9 Å². The van der Waals surface area contributed by atoms with E-state index in [-0.39, 0.29) is 11.9 Å². The average molecular weight is 275 g/mol. The van der Waals surface area contributed by atoms with Gasteiger partial charge in [0, 0.05) is 24.7 Å². The molecule has 0 aliphatic carbocycles. The van der Waals surface area contributed by atoms with Crippen molar-refractivity contribution in [1.82, 2.24) is 9.47 Å². The zero-order valence-corrected chi connectivity index (χ0v) is 11.9. The monoisotopic (exact) mass is 275 g/mol. The molecule has 5 heteroatoms. The molecule has 0 saturated carbocycles. The number of carbonyl (C=O) groups is 1. The third-order valence-corrected chi connectivity index (χ3v) is 4.78. The third-order valence-electron chi connectivity index (χ3n) is 3.78. The number of fused-ring (bicyclic) bond motifs is 1. The van der Waals surface area contributed by atoms with Crippen molar-refractivity contribution < 1.29 is 4.79 Å². The number of aryl methyl sites for hydroxylation is 1. The molecule has 100 valence electrons. The topological polar surface area (TPSA) is 51.3 Å². The van der Waals surface area contributed by atoms with Gasteiger partial charge in [-0.2, -0.15) is 0 Å². The second-order valence-corrected chi connectivity index (χ2v) is 5.99. The van der Waals surface area contributed by atoms with Gasteiger partial charge in [-0.25, -0.2) is 0 Å². The fraction of sp³-hybridized carbons (Fsp3) is 0.357. The molecule has 0 bridgehead atoms. The van der Waals surface area contributed by atoms with Crippen LogP contribution in [0.4, 0.5) is 5.69 Å². The van der Waals surface area contributed by atoms with E-state index >= 15 is 0 Å². The van der Waals surface area contributed by atoms with Gasteiger partial charge >= 0.3 is 0 Å². The molecule has 2 aromatic heterocycles. The molecule has 0 spiro atoms. The normalized spacial score (nSPS) is 18.4. The summed E-state index contributed by atoms with van der Waals surface area (Å²) < 4.78 is 1.80. The van der Waals surface area contributed by atoms with Gasteiger partial charge in [-0.15, -0.1) is 11.3 Å². The fourth-order valence-corrected chi connectivity index (χ4v) is 3.70. The molecule has 1 aliphatic heterocycles. The molecular formula is C14H17N3OS. The van der Waals surface area contributed by atoms with Crippen LogP contribution in [0.3, 0.4) is 0 Å². The van der Waals surface area contributed by atoms with E-state index in [1.807, 2.05) is 11.9 Å². The zero-order valence-electron chi connectivity index (χ0n) is 11.1. The zero-order chi connectivity index (χ0) is 13.6. The van der Waals surface area contributed by atoms with Crippen LogP contribution in [0.5, 0.6) is 0 Å². The number of rotatable bonds is 1. The predicted molar refractivity (Wildman–Crippen MR) is 77.3 cm³/mol. The lowest BCUT2D eigenvalue weighted by molar-refractivity contribution is 0.0669. The fourth-order valence-electron chi connectivity index (χ4n) is 2.74. The Labute approximate surface area is 116 Å². The quantitative estimate of drug-likeness (QED) is 0.869. The second-order valence-electron chi connectivity index (χ2n) is 4.99. The second kappa shape index (κ2) is 4.42. The number of thiophene rings is 1. The Hall–Kier alpha value is -1.75. The first-order valence-corrected chi connectivity index (χ1v) is 7.25. The number of nitrogens with zero attached hydrogens (tertiary/aromatic N) is 2. The molecule has 1 unspecified atom stereocenters. The summed E-state index contributed by atoms with van der Waals surface area (Å²) in [6.07, 6.45) is 2.72. The Kier molecular flexibility index (Phi) is 2.86. The van der Waals surface area contributed by atoms with E-state index in [1.165, 1.54) is 10.4 Å². The minimum absolute atomic E-state index is 0.0588. The van der Waals surface area contributed by atoms with Gasteiger partial charge in [0.05, 0.1) is 11.7 Å². The Morgan fingerprint density at radius 2 is 2.32 bits per heavy atom. The van der Waals surface area contributed by atoms with Gasteiger partial charge in [0.25, 0.3) is 5.91 Å². The Bertz CT molecular complexity index is 628. The first-order valence-electron chi connectivity index (χ1n) is 6.37. The molecule has 0 fully saturated rings. The van der Waals surface area contributed by atoms with Crippen molar-refractivity contribution in [1.29, 1.82) is 0 Å². The van der Waals surface area contributed by atoms with Crippen LogP contribution >= 0.6 is 11.3 Å². The summed E-state index contributed by atoms with van der Waals surface area (Å²) in [6.45, 7) is 2.87. The maximum Gasteiger partial charge on any atom is 0.271 e. The van der Waals surface area contributed by atoms with E-state index < -0.39 is 0 Å². The van der Waals surface area contributed by atoms with Gasteiger partial charge in [-0.1, -0.05) is 0 Å². The van der Waals surface area contributed by atoms with Gasteiger partial charge in [0.2, 0.25) is 0 Å². The molecule has 2 N–H and O–H groups in total. The molecule has 0 aromatic carbocycles. The van der Waals surface area contributed by atoms with Crippen LogP contribution in [0.1, 0.15) is 33.9 Å².